The van der Waals surface area contributed by atoms with E-state index in [1.165, 1.54) is 11.3 Å². The molecule has 0 aliphatic heterocycles. The summed E-state index contributed by atoms with van der Waals surface area (Å²) in [6, 6.07) is 0. The van der Waals surface area contributed by atoms with E-state index in [2.05, 4.69) is 61.1 Å². The molecule has 0 aliphatic carbocycles. The summed E-state index contributed by atoms with van der Waals surface area (Å²) in [5, 5.41) is 17.4. The summed E-state index contributed by atoms with van der Waals surface area (Å²) in [4.78, 5) is 20.0. The lowest BCUT2D eigenvalue weighted by Crippen LogP contribution is -2.47. The molecule has 1 aromatic heterocycles. The van der Waals surface area contributed by atoms with Gasteiger partial charge in [-0.15, -0.1) is 0 Å². The average molecular weight is 442 g/mol. The Morgan fingerprint density at radius 3 is 2.45 bits per heavy atom. The summed E-state index contributed by atoms with van der Waals surface area (Å²) in [5.41, 5.74) is 8.10. The summed E-state index contributed by atoms with van der Waals surface area (Å²) in [6.45, 7) is 18.3. The van der Waals surface area contributed by atoms with Gasteiger partial charge in [-0.2, -0.15) is 0 Å². The molecule has 0 unspecified atom stereocenters. The van der Waals surface area contributed by atoms with Crippen LogP contribution in [0.2, 0.25) is 18.1 Å². The summed E-state index contributed by atoms with van der Waals surface area (Å²) in [6.07, 6.45) is -0.0787. The minimum Gasteiger partial charge on any atom is -0.406 e. The summed E-state index contributed by atoms with van der Waals surface area (Å²) in [5.74, 6) is 0.253. The van der Waals surface area contributed by atoms with Crippen molar-refractivity contribution in [1.82, 2.24) is 4.98 Å². The fourth-order valence-corrected chi connectivity index (χ4v) is 6.06. The van der Waals surface area contributed by atoms with Gasteiger partial charge in [-0.3, -0.25) is 4.79 Å². The highest BCUT2D eigenvalue weighted by atomic mass is 32.1. The molecular formula is C19H35N5O3SSi. The van der Waals surface area contributed by atoms with E-state index in [0.29, 0.717) is 15.9 Å². The van der Waals surface area contributed by atoms with Crippen LogP contribution in [-0.4, -0.2) is 37.0 Å². The molecular weight excluding hydrogens is 406 g/mol. The molecule has 0 fully saturated rings. The van der Waals surface area contributed by atoms with Crippen LogP contribution in [0.25, 0.3) is 10.4 Å². The molecule has 1 heterocycles. The first-order valence-electron chi connectivity index (χ1n) is 9.77. The Morgan fingerprint density at radius 2 is 1.97 bits per heavy atom. The van der Waals surface area contributed by atoms with Gasteiger partial charge in [-0.1, -0.05) is 64.9 Å². The van der Waals surface area contributed by atoms with Crippen molar-refractivity contribution in [2.24, 2.45) is 16.4 Å². The lowest BCUT2D eigenvalue weighted by molar-refractivity contribution is -0.123. The number of anilines is 1. The summed E-state index contributed by atoms with van der Waals surface area (Å²) in [7, 11) is -2.30. The van der Waals surface area contributed by atoms with Gasteiger partial charge in [0.25, 0.3) is 0 Å². The van der Waals surface area contributed by atoms with Crippen molar-refractivity contribution in [3.05, 3.63) is 21.5 Å². The van der Waals surface area contributed by atoms with Crippen LogP contribution in [0.4, 0.5) is 5.13 Å². The number of thiazole rings is 1. The molecule has 0 saturated heterocycles. The highest BCUT2D eigenvalue weighted by molar-refractivity contribution is 7.15. The SMILES string of the molecule is CC(C)C(C)(C)[Si](C)(C)O[C@H](c1cnc(NC(=O)C(C)(C)C)s1)[C@H](O)CN=[N+]=[N-]. The molecule has 0 aliphatic rings. The number of hydrogen-bond donors (Lipinski definition) is 2. The third-order valence-corrected chi connectivity index (χ3v) is 11.3. The third kappa shape index (κ3) is 6.52. The molecule has 10 heteroatoms. The minimum absolute atomic E-state index is 0.0581. The van der Waals surface area contributed by atoms with Gasteiger partial charge in [0.15, 0.2) is 13.4 Å². The maximum absolute atomic E-state index is 12.3. The second-order valence-electron chi connectivity index (χ2n) is 9.68. The van der Waals surface area contributed by atoms with E-state index >= 15 is 0 Å². The number of aromatic nitrogens is 1. The number of azide groups is 1. The van der Waals surface area contributed by atoms with Crippen molar-refractivity contribution < 1.29 is 14.3 Å². The molecule has 0 saturated carbocycles. The smallest absolute Gasteiger partial charge is 0.231 e. The number of nitrogens with one attached hydrogen (secondary N) is 1. The zero-order chi connectivity index (χ0) is 22.6. The number of nitrogens with zero attached hydrogens (tertiary/aromatic N) is 4. The van der Waals surface area contributed by atoms with Gasteiger partial charge in [-0.05, 0) is 29.6 Å². The third-order valence-electron chi connectivity index (χ3n) is 5.80. The molecule has 0 spiro atoms. The second kappa shape index (κ2) is 9.57. The van der Waals surface area contributed by atoms with Gasteiger partial charge >= 0.3 is 0 Å². The van der Waals surface area contributed by atoms with Crippen LogP contribution in [0.1, 0.15) is 59.4 Å². The van der Waals surface area contributed by atoms with E-state index in [0.717, 1.165) is 0 Å². The number of aliphatic hydroxyl groups excluding tert-OH is 1. The van der Waals surface area contributed by atoms with Gasteiger partial charge in [0, 0.05) is 16.5 Å². The van der Waals surface area contributed by atoms with Crippen LogP contribution in [0.5, 0.6) is 0 Å². The summed E-state index contributed by atoms with van der Waals surface area (Å²) >= 11 is 1.27. The normalized spacial score (nSPS) is 15.0. The maximum atomic E-state index is 12.3. The highest BCUT2D eigenvalue weighted by Gasteiger charge is 2.46. The Kier molecular flexibility index (Phi) is 8.44. The van der Waals surface area contributed by atoms with Crippen molar-refractivity contribution >= 4 is 30.7 Å². The molecule has 29 heavy (non-hydrogen) atoms. The quantitative estimate of drug-likeness (QED) is 0.227. The number of carbonyl (C=O) groups excluding carboxylic acids is 1. The van der Waals surface area contributed by atoms with E-state index in [4.69, 9.17) is 9.96 Å². The van der Waals surface area contributed by atoms with E-state index in [9.17, 15) is 9.90 Å². The number of carbonyl (C=O) groups is 1. The molecule has 8 nitrogen and oxygen atoms in total. The fourth-order valence-electron chi connectivity index (χ4n) is 2.47. The molecule has 1 aromatic rings. The van der Waals surface area contributed by atoms with Gasteiger partial charge in [0.2, 0.25) is 5.91 Å². The molecule has 1 amide bonds. The Labute approximate surface area is 178 Å². The van der Waals surface area contributed by atoms with Gasteiger partial charge in [0.1, 0.15) is 6.10 Å². The standard InChI is InChI=1S/C19H35N5O3SSi/c1-12(2)19(6,7)29(8,9)27-15(13(25)10-22-24-20)14-11-21-17(28-14)23-16(26)18(3,4)5/h11-13,15,25H,10H2,1-9H3,(H,21,23,26)/t13-,15+/m1/s1. The predicted octanol–water partition coefficient (Wildman–Crippen LogP) is 5.50. The van der Waals surface area contributed by atoms with E-state index in [1.54, 1.807) is 6.20 Å². The molecule has 164 valence electrons. The number of hydrogen-bond acceptors (Lipinski definition) is 6. The monoisotopic (exact) mass is 441 g/mol. The van der Waals surface area contributed by atoms with E-state index < -0.39 is 25.9 Å². The topological polar surface area (TPSA) is 120 Å². The molecule has 1 rings (SSSR count). The van der Waals surface area contributed by atoms with Crippen molar-refractivity contribution in [2.75, 3.05) is 11.9 Å². The van der Waals surface area contributed by atoms with E-state index in [1.807, 2.05) is 20.8 Å². The molecule has 2 atom stereocenters. The van der Waals surface area contributed by atoms with Crippen molar-refractivity contribution in [1.29, 1.82) is 0 Å². The van der Waals surface area contributed by atoms with Crippen LogP contribution >= 0.6 is 11.3 Å². The zero-order valence-electron chi connectivity index (χ0n) is 19.0. The number of rotatable bonds is 9. The van der Waals surface area contributed by atoms with E-state index in [-0.39, 0.29) is 17.5 Å². The van der Waals surface area contributed by atoms with Gasteiger partial charge < -0.3 is 14.8 Å². The maximum Gasteiger partial charge on any atom is 0.231 e. The van der Waals surface area contributed by atoms with Crippen molar-refractivity contribution in [2.45, 2.75) is 78.8 Å². The minimum atomic E-state index is -2.30. The first-order chi connectivity index (χ1) is 13.1. The van der Waals surface area contributed by atoms with Crippen LogP contribution in [0, 0.1) is 11.3 Å². The Morgan fingerprint density at radius 1 is 1.38 bits per heavy atom. The lowest BCUT2D eigenvalue weighted by Gasteiger charge is -2.44. The predicted molar refractivity (Wildman–Crippen MR) is 120 cm³/mol. The van der Waals surface area contributed by atoms with Crippen LogP contribution in [0.15, 0.2) is 11.3 Å². The van der Waals surface area contributed by atoms with Gasteiger partial charge in [-0.25, -0.2) is 4.98 Å². The molecule has 0 radical (unpaired) electrons. The van der Waals surface area contributed by atoms with Crippen LogP contribution < -0.4 is 5.32 Å². The highest BCUT2D eigenvalue weighted by Crippen LogP contribution is 2.47. The Hall–Kier alpha value is -1.45. The Balaban J connectivity index is 3.21. The van der Waals surface area contributed by atoms with Crippen LogP contribution in [-0.2, 0) is 9.22 Å². The fraction of sp³-hybridized carbons (Fsp3) is 0.789. The van der Waals surface area contributed by atoms with Gasteiger partial charge in [0.05, 0.1) is 17.5 Å². The largest absolute Gasteiger partial charge is 0.406 e. The van der Waals surface area contributed by atoms with Crippen molar-refractivity contribution in [3.8, 4) is 0 Å². The zero-order valence-corrected chi connectivity index (χ0v) is 20.8. The second-order valence-corrected chi connectivity index (χ2v) is 15.3. The first-order valence-corrected chi connectivity index (χ1v) is 13.5. The van der Waals surface area contributed by atoms with Crippen LogP contribution in [0.3, 0.4) is 0 Å². The summed E-state index contributed by atoms with van der Waals surface area (Å²) < 4.78 is 6.56. The average Bonchev–Trinajstić information content (AvgIpc) is 3.04. The first kappa shape index (κ1) is 25.6. The number of aliphatic hydroxyl groups is 1. The molecule has 2 N–H and O–H groups in total. The Bertz CT molecular complexity index is 751. The lowest BCUT2D eigenvalue weighted by atomic mass is 9.96. The van der Waals surface area contributed by atoms with Crippen molar-refractivity contribution in [3.63, 3.8) is 0 Å². The molecule has 0 aromatic carbocycles. The molecule has 0 bridgehead atoms. The number of amides is 1.